The van der Waals surface area contributed by atoms with Crippen molar-refractivity contribution >= 4 is 54.6 Å². The zero-order chi connectivity index (χ0) is 32.3. The average molecular weight is 668 g/mol. The van der Waals surface area contributed by atoms with E-state index in [9.17, 15) is 34.8 Å². The molecule has 0 aromatic heterocycles. The van der Waals surface area contributed by atoms with Gasteiger partial charge in [0.15, 0.2) is 0 Å². The molecule has 0 saturated heterocycles. The first kappa shape index (κ1) is 32.6. The summed E-state index contributed by atoms with van der Waals surface area (Å²) >= 11 is 5.60. The highest BCUT2D eigenvalue weighted by atomic mass is 35.5. The molecule has 0 fully saturated rings. The number of nitrogens with one attached hydrogen (secondary N) is 2. The smallest absolute Gasteiger partial charge is 0.417 e. The van der Waals surface area contributed by atoms with E-state index in [1.54, 1.807) is 31.2 Å². The number of hydrogen-bond acceptors (Lipinski definition) is 6. The van der Waals surface area contributed by atoms with E-state index in [1.807, 2.05) is 0 Å². The molecule has 0 aliphatic heterocycles. The Balaban J connectivity index is 1.54. The third kappa shape index (κ3) is 7.62. The zero-order valence-corrected chi connectivity index (χ0v) is 25.5. The molecule has 0 radical (unpaired) electrons. The summed E-state index contributed by atoms with van der Waals surface area (Å²) in [6.45, 7) is 1.17. The van der Waals surface area contributed by atoms with E-state index in [4.69, 9.17) is 16.3 Å². The Morgan fingerprint density at radius 3 is 2.09 bits per heavy atom. The number of amides is 1. The summed E-state index contributed by atoms with van der Waals surface area (Å²) < 4.78 is 101. The summed E-state index contributed by atoms with van der Waals surface area (Å²) in [4.78, 5) is 12.7. The van der Waals surface area contributed by atoms with Crippen molar-refractivity contribution in [3.05, 3.63) is 107 Å². The molecule has 0 aliphatic rings. The maximum atomic E-state index is 13.6. The number of carbonyl (C=O) groups is 1. The van der Waals surface area contributed by atoms with Crippen LogP contribution in [0.2, 0.25) is 5.02 Å². The SMILES string of the molecule is COc1cccc(N(CC(=O)Nc2ccc(S(=O)(=O)Nc3ccc(Cl)c(C(F)(F)F)c3)cc2)S(=O)(=O)c2ccc(C)cc2)c1. The van der Waals surface area contributed by atoms with Gasteiger partial charge in [-0.3, -0.25) is 13.8 Å². The summed E-state index contributed by atoms with van der Waals surface area (Å²) in [5, 5.41) is 1.94. The van der Waals surface area contributed by atoms with Gasteiger partial charge in [-0.1, -0.05) is 35.4 Å². The minimum Gasteiger partial charge on any atom is -0.497 e. The molecule has 0 bridgehead atoms. The van der Waals surface area contributed by atoms with Gasteiger partial charge in [-0.2, -0.15) is 13.2 Å². The number of halogens is 4. The molecule has 232 valence electrons. The van der Waals surface area contributed by atoms with Crippen LogP contribution in [-0.2, 0) is 31.0 Å². The third-order valence-corrected chi connectivity index (χ3v) is 9.72. The Kier molecular flexibility index (Phi) is 9.47. The molecule has 0 spiro atoms. The molecular weight excluding hydrogens is 643 g/mol. The first-order valence-electron chi connectivity index (χ1n) is 12.6. The lowest BCUT2D eigenvalue weighted by molar-refractivity contribution is -0.137. The van der Waals surface area contributed by atoms with Crippen molar-refractivity contribution in [3.8, 4) is 5.75 Å². The summed E-state index contributed by atoms with van der Waals surface area (Å²) in [5.74, 6) is -0.372. The van der Waals surface area contributed by atoms with Crippen molar-refractivity contribution in [1.29, 1.82) is 0 Å². The maximum Gasteiger partial charge on any atom is 0.417 e. The molecule has 0 unspecified atom stereocenters. The van der Waals surface area contributed by atoms with Crippen LogP contribution in [0.5, 0.6) is 5.75 Å². The van der Waals surface area contributed by atoms with Crippen molar-refractivity contribution in [2.24, 2.45) is 0 Å². The van der Waals surface area contributed by atoms with Gasteiger partial charge in [-0.05, 0) is 73.7 Å². The monoisotopic (exact) mass is 667 g/mol. The second kappa shape index (κ2) is 12.8. The molecule has 44 heavy (non-hydrogen) atoms. The number of sulfonamides is 2. The normalized spacial score (nSPS) is 12.0. The van der Waals surface area contributed by atoms with E-state index in [2.05, 4.69) is 10.0 Å². The second-order valence-electron chi connectivity index (χ2n) is 9.40. The molecule has 0 saturated carbocycles. The Bertz CT molecular complexity index is 1890. The third-order valence-electron chi connectivity index (χ3n) is 6.21. The number of benzene rings is 4. The first-order valence-corrected chi connectivity index (χ1v) is 15.9. The largest absolute Gasteiger partial charge is 0.497 e. The van der Waals surface area contributed by atoms with Crippen LogP contribution in [0.1, 0.15) is 11.1 Å². The molecule has 4 aromatic rings. The maximum absolute atomic E-state index is 13.6. The molecule has 0 heterocycles. The predicted molar refractivity (Wildman–Crippen MR) is 161 cm³/mol. The summed E-state index contributed by atoms with van der Waals surface area (Å²) in [5.41, 5.74) is -0.410. The van der Waals surface area contributed by atoms with E-state index >= 15 is 0 Å². The summed E-state index contributed by atoms with van der Waals surface area (Å²) in [7, 11) is -7.11. The Morgan fingerprint density at radius 2 is 1.48 bits per heavy atom. The standard InChI is InChI=1S/C29H25ClF3N3O6S2/c1-19-6-11-25(12-7-19)44(40,41)36(22-4-3-5-23(17-22)42-2)18-28(37)34-20-8-13-24(14-9-20)43(38,39)35-21-10-15-27(30)26(16-21)29(31,32)33/h3-17,35H,18H2,1-2H3,(H,34,37). The number of nitrogens with zero attached hydrogens (tertiary/aromatic N) is 1. The summed E-state index contributed by atoms with van der Waals surface area (Å²) in [6, 6.07) is 19.6. The fraction of sp³-hybridized carbons (Fsp3) is 0.138. The van der Waals surface area contributed by atoms with Crippen LogP contribution in [0.25, 0.3) is 0 Å². The van der Waals surface area contributed by atoms with Crippen molar-refractivity contribution in [2.75, 3.05) is 28.0 Å². The van der Waals surface area contributed by atoms with Crippen LogP contribution in [0.15, 0.2) is 101 Å². The van der Waals surface area contributed by atoms with Crippen molar-refractivity contribution in [1.82, 2.24) is 0 Å². The fourth-order valence-electron chi connectivity index (χ4n) is 3.99. The van der Waals surface area contributed by atoms with Gasteiger partial charge in [0.2, 0.25) is 5.91 Å². The van der Waals surface area contributed by atoms with Gasteiger partial charge in [-0.25, -0.2) is 16.8 Å². The van der Waals surface area contributed by atoms with Crippen molar-refractivity contribution in [3.63, 3.8) is 0 Å². The van der Waals surface area contributed by atoms with Gasteiger partial charge >= 0.3 is 6.18 Å². The van der Waals surface area contributed by atoms with E-state index in [0.29, 0.717) is 11.8 Å². The predicted octanol–water partition coefficient (Wildman–Crippen LogP) is 6.31. The zero-order valence-electron chi connectivity index (χ0n) is 23.1. The topological polar surface area (TPSA) is 122 Å². The molecule has 0 atom stereocenters. The van der Waals surface area contributed by atoms with Crippen LogP contribution in [0.3, 0.4) is 0 Å². The van der Waals surface area contributed by atoms with Crippen LogP contribution in [0.4, 0.5) is 30.2 Å². The number of methoxy groups -OCH3 is 1. The highest BCUT2D eigenvalue weighted by Gasteiger charge is 2.34. The molecule has 4 aromatic carbocycles. The van der Waals surface area contributed by atoms with Crippen molar-refractivity contribution < 1.29 is 39.5 Å². The van der Waals surface area contributed by atoms with E-state index in [0.717, 1.165) is 34.1 Å². The lowest BCUT2D eigenvalue weighted by atomic mass is 10.2. The second-order valence-corrected chi connectivity index (χ2v) is 13.3. The van der Waals surface area contributed by atoms with Crippen LogP contribution in [0, 0.1) is 6.92 Å². The average Bonchev–Trinajstić information content (AvgIpc) is 2.96. The summed E-state index contributed by atoms with van der Waals surface area (Å²) in [6.07, 6.45) is -4.79. The highest BCUT2D eigenvalue weighted by Crippen LogP contribution is 2.36. The number of alkyl halides is 3. The van der Waals surface area contributed by atoms with E-state index < -0.39 is 49.3 Å². The highest BCUT2D eigenvalue weighted by molar-refractivity contribution is 7.93. The molecule has 15 heteroatoms. The number of ether oxygens (including phenoxy) is 1. The minimum atomic E-state index is -4.79. The van der Waals surface area contributed by atoms with Crippen LogP contribution >= 0.6 is 11.6 Å². The first-order chi connectivity index (χ1) is 20.6. The lowest BCUT2D eigenvalue weighted by Crippen LogP contribution is -2.38. The van der Waals surface area contributed by atoms with Gasteiger partial charge in [0.25, 0.3) is 20.0 Å². The molecule has 1 amide bonds. The van der Waals surface area contributed by atoms with Crippen LogP contribution < -0.4 is 19.1 Å². The number of anilines is 3. The van der Waals surface area contributed by atoms with Crippen molar-refractivity contribution in [2.45, 2.75) is 22.9 Å². The number of aryl methyl sites for hydroxylation is 1. The molecular formula is C29H25ClF3N3O6S2. The van der Waals surface area contributed by atoms with E-state index in [1.165, 1.54) is 43.5 Å². The lowest BCUT2D eigenvalue weighted by Gasteiger charge is -2.24. The molecule has 9 nitrogen and oxygen atoms in total. The van der Waals surface area contributed by atoms with E-state index in [-0.39, 0.29) is 26.9 Å². The molecule has 0 aliphatic carbocycles. The Labute approximate surface area is 257 Å². The van der Waals surface area contributed by atoms with Gasteiger partial charge in [0.05, 0.1) is 33.2 Å². The van der Waals surface area contributed by atoms with Crippen LogP contribution in [-0.4, -0.2) is 36.4 Å². The van der Waals surface area contributed by atoms with Gasteiger partial charge in [0, 0.05) is 17.4 Å². The Morgan fingerprint density at radius 1 is 0.864 bits per heavy atom. The fourth-order valence-corrected chi connectivity index (χ4v) is 6.67. The molecule has 4 rings (SSSR count). The quantitative estimate of drug-likeness (QED) is 0.204. The number of hydrogen-bond donors (Lipinski definition) is 2. The number of rotatable bonds is 10. The van der Waals surface area contributed by atoms with Gasteiger partial charge in [-0.15, -0.1) is 0 Å². The molecule has 2 N–H and O–H groups in total. The minimum absolute atomic E-state index is 0.0381. The number of carbonyl (C=O) groups excluding carboxylic acids is 1. The van der Waals surface area contributed by atoms with Gasteiger partial charge in [0.1, 0.15) is 12.3 Å². The Hall–Kier alpha value is -4.27. The van der Waals surface area contributed by atoms with Gasteiger partial charge < -0.3 is 10.1 Å².